The number of amides is 1. The summed E-state index contributed by atoms with van der Waals surface area (Å²) in [6.45, 7) is 0. The molecule has 26 heavy (non-hydrogen) atoms. The molecular formula is C17H16F3N5O. The highest BCUT2D eigenvalue weighted by Crippen LogP contribution is 2.36. The molecule has 1 fully saturated rings. The second-order valence-electron chi connectivity index (χ2n) is 6.42. The van der Waals surface area contributed by atoms with Gasteiger partial charge in [-0.2, -0.15) is 18.2 Å². The van der Waals surface area contributed by atoms with Crippen molar-refractivity contribution in [2.45, 2.75) is 37.9 Å². The van der Waals surface area contributed by atoms with Crippen LogP contribution in [-0.4, -0.2) is 21.9 Å². The van der Waals surface area contributed by atoms with Crippen LogP contribution < -0.4 is 16.0 Å². The summed E-state index contributed by atoms with van der Waals surface area (Å²) >= 11 is 0. The molecule has 0 unspecified atom stereocenters. The van der Waals surface area contributed by atoms with Crippen molar-refractivity contribution in [3.05, 3.63) is 35.5 Å². The van der Waals surface area contributed by atoms with Gasteiger partial charge in [0.2, 0.25) is 11.9 Å². The first kappa shape index (κ1) is 16.6. The van der Waals surface area contributed by atoms with Crippen molar-refractivity contribution in [3.8, 4) is 0 Å². The Morgan fingerprint density at radius 2 is 2.00 bits per heavy atom. The third-order valence-corrected chi connectivity index (χ3v) is 4.27. The zero-order chi connectivity index (χ0) is 18.3. The van der Waals surface area contributed by atoms with E-state index in [1.54, 1.807) is 18.2 Å². The standard InChI is InChI=1S/C17H16F3N5O/c18-17(19,20)12-8-21-16(23-10-2-3-10)25-15(12)22-11-4-5-13-9(7-11)1-6-14(26)24-13/h4-5,7-8,10H,1-3,6H2,(H,24,26)(H2,21,22,23,25). The lowest BCUT2D eigenvalue weighted by Crippen LogP contribution is -2.19. The van der Waals surface area contributed by atoms with Gasteiger partial charge in [-0.15, -0.1) is 0 Å². The Kier molecular flexibility index (Phi) is 3.93. The molecule has 1 aromatic heterocycles. The van der Waals surface area contributed by atoms with E-state index in [2.05, 4.69) is 25.9 Å². The number of nitrogens with one attached hydrogen (secondary N) is 3. The van der Waals surface area contributed by atoms with Crippen molar-refractivity contribution in [2.75, 3.05) is 16.0 Å². The number of fused-ring (bicyclic) bond motifs is 1. The van der Waals surface area contributed by atoms with Crippen LogP contribution in [0, 0.1) is 0 Å². The smallest absolute Gasteiger partial charge is 0.351 e. The number of aromatic nitrogens is 2. The summed E-state index contributed by atoms with van der Waals surface area (Å²) in [6, 6.07) is 5.24. The van der Waals surface area contributed by atoms with Crippen LogP contribution in [-0.2, 0) is 17.4 Å². The average molecular weight is 363 g/mol. The van der Waals surface area contributed by atoms with Gasteiger partial charge in [0.1, 0.15) is 11.4 Å². The summed E-state index contributed by atoms with van der Waals surface area (Å²) in [5.74, 6) is -0.187. The van der Waals surface area contributed by atoms with Gasteiger partial charge in [-0.3, -0.25) is 4.79 Å². The molecule has 0 saturated heterocycles. The number of alkyl halides is 3. The normalized spacial score (nSPS) is 16.7. The topological polar surface area (TPSA) is 78.9 Å². The van der Waals surface area contributed by atoms with Gasteiger partial charge >= 0.3 is 6.18 Å². The zero-order valence-electron chi connectivity index (χ0n) is 13.7. The maximum Gasteiger partial charge on any atom is 0.421 e. The molecule has 2 heterocycles. The molecule has 1 aliphatic carbocycles. The van der Waals surface area contributed by atoms with E-state index in [-0.39, 0.29) is 23.7 Å². The molecule has 2 aromatic rings. The molecule has 1 aromatic carbocycles. The molecule has 6 nitrogen and oxygen atoms in total. The first-order valence-corrected chi connectivity index (χ1v) is 8.29. The zero-order valence-corrected chi connectivity index (χ0v) is 13.7. The van der Waals surface area contributed by atoms with E-state index in [1.165, 1.54) is 0 Å². The van der Waals surface area contributed by atoms with Gasteiger partial charge in [0.05, 0.1) is 0 Å². The number of carbonyl (C=O) groups excluding carboxylic acids is 1. The number of nitrogens with zero attached hydrogens (tertiary/aromatic N) is 2. The van der Waals surface area contributed by atoms with Crippen LogP contribution in [0.1, 0.15) is 30.4 Å². The summed E-state index contributed by atoms with van der Waals surface area (Å²) in [7, 11) is 0. The Morgan fingerprint density at radius 1 is 1.19 bits per heavy atom. The van der Waals surface area contributed by atoms with Gasteiger partial charge in [-0.05, 0) is 43.0 Å². The molecule has 2 aliphatic rings. The van der Waals surface area contributed by atoms with Gasteiger partial charge in [0, 0.05) is 30.0 Å². The van der Waals surface area contributed by atoms with Crippen LogP contribution in [0.2, 0.25) is 0 Å². The summed E-state index contributed by atoms with van der Waals surface area (Å²) in [6.07, 6.45) is -0.955. The van der Waals surface area contributed by atoms with Crippen molar-refractivity contribution in [1.82, 2.24) is 9.97 Å². The van der Waals surface area contributed by atoms with E-state index in [1.807, 2.05) is 0 Å². The summed E-state index contributed by atoms with van der Waals surface area (Å²) < 4.78 is 39.9. The van der Waals surface area contributed by atoms with E-state index < -0.39 is 11.7 Å². The van der Waals surface area contributed by atoms with E-state index in [0.717, 1.165) is 24.6 Å². The molecule has 4 rings (SSSR count). The second-order valence-corrected chi connectivity index (χ2v) is 6.42. The highest BCUT2D eigenvalue weighted by molar-refractivity contribution is 5.94. The second kappa shape index (κ2) is 6.15. The highest BCUT2D eigenvalue weighted by atomic mass is 19.4. The SMILES string of the molecule is O=C1CCc2cc(Nc3nc(NC4CC4)ncc3C(F)(F)F)ccc2N1. The summed E-state index contributed by atoms with van der Waals surface area (Å²) in [4.78, 5) is 19.2. The van der Waals surface area contributed by atoms with E-state index >= 15 is 0 Å². The predicted octanol–water partition coefficient (Wildman–Crippen LogP) is 3.70. The molecule has 3 N–H and O–H groups in total. The van der Waals surface area contributed by atoms with Crippen molar-refractivity contribution in [1.29, 1.82) is 0 Å². The third kappa shape index (κ3) is 3.56. The van der Waals surface area contributed by atoms with Crippen molar-refractivity contribution < 1.29 is 18.0 Å². The van der Waals surface area contributed by atoms with Gasteiger partial charge < -0.3 is 16.0 Å². The van der Waals surface area contributed by atoms with Crippen molar-refractivity contribution >= 4 is 29.0 Å². The van der Waals surface area contributed by atoms with Crippen LogP contribution in [0.15, 0.2) is 24.4 Å². The van der Waals surface area contributed by atoms with Gasteiger partial charge in [-0.25, -0.2) is 4.98 Å². The number of rotatable bonds is 4. The Morgan fingerprint density at radius 3 is 2.73 bits per heavy atom. The first-order chi connectivity index (χ1) is 12.4. The molecule has 9 heteroatoms. The maximum absolute atomic E-state index is 13.3. The fraction of sp³-hybridized carbons (Fsp3) is 0.353. The average Bonchev–Trinajstić information content (AvgIpc) is 3.38. The molecule has 0 radical (unpaired) electrons. The molecule has 0 bridgehead atoms. The Labute approximate surface area is 147 Å². The minimum atomic E-state index is -4.57. The lowest BCUT2D eigenvalue weighted by Gasteiger charge is -2.19. The van der Waals surface area contributed by atoms with Gasteiger partial charge in [-0.1, -0.05) is 0 Å². The number of hydrogen-bond donors (Lipinski definition) is 3. The summed E-state index contributed by atoms with van der Waals surface area (Å²) in [5, 5.41) is 8.49. The quantitative estimate of drug-likeness (QED) is 0.772. The number of anilines is 4. The molecular weight excluding hydrogens is 347 g/mol. The number of carbonyl (C=O) groups is 1. The van der Waals surface area contributed by atoms with Crippen LogP contribution >= 0.6 is 0 Å². The van der Waals surface area contributed by atoms with Crippen LogP contribution in [0.5, 0.6) is 0 Å². The van der Waals surface area contributed by atoms with Crippen LogP contribution in [0.3, 0.4) is 0 Å². The number of benzene rings is 1. The first-order valence-electron chi connectivity index (χ1n) is 8.29. The molecule has 1 aliphatic heterocycles. The molecule has 1 saturated carbocycles. The Bertz CT molecular complexity index is 864. The minimum absolute atomic E-state index is 0.0656. The molecule has 0 atom stereocenters. The highest BCUT2D eigenvalue weighted by Gasteiger charge is 2.36. The largest absolute Gasteiger partial charge is 0.421 e. The summed E-state index contributed by atoms with van der Waals surface area (Å²) in [5.41, 5.74) is 1.10. The van der Waals surface area contributed by atoms with Crippen LogP contribution in [0.4, 0.5) is 36.3 Å². The third-order valence-electron chi connectivity index (χ3n) is 4.27. The Hall–Kier alpha value is -2.84. The minimum Gasteiger partial charge on any atom is -0.351 e. The Balaban J connectivity index is 1.64. The van der Waals surface area contributed by atoms with E-state index in [9.17, 15) is 18.0 Å². The fourth-order valence-corrected chi connectivity index (χ4v) is 2.76. The monoisotopic (exact) mass is 363 g/mol. The van der Waals surface area contributed by atoms with Crippen LogP contribution in [0.25, 0.3) is 0 Å². The molecule has 1 amide bonds. The van der Waals surface area contributed by atoms with Gasteiger partial charge in [0.25, 0.3) is 0 Å². The van der Waals surface area contributed by atoms with Crippen molar-refractivity contribution in [2.24, 2.45) is 0 Å². The lowest BCUT2D eigenvalue weighted by molar-refractivity contribution is -0.137. The van der Waals surface area contributed by atoms with E-state index in [4.69, 9.17) is 0 Å². The predicted molar refractivity (Wildman–Crippen MR) is 90.4 cm³/mol. The molecule has 0 spiro atoms. The van der Waals surface area contributed by atoms with Crippen molar-refractivity contribution in [3.63, 3.8) is 0 Å². The molecule has 136 valence electrons. The lowest BCUT2D eigenvalue weighted by atomic mass is 10.0. The van der Waals surface area contributed by atoms with E-state index in [0.29, 0.717) is 24.2 Å². The number of aryl methyl sites for hydroxylation is 1. The van der Waals surface area contributed by atoms with Gasteiger partial charge in [0.15, 0.2) is 0 Å². The maximum atomic E-state index is 13.3. The fourth-order valence-electron chi connectivity index (χ4n) is 2.76. The number of halogens is 3. The number of hydrogen-bond acceptors (Lipinski definition) is 5.